The fourth-order valence-electron chi connectivity index (χ4n) is 3.27. The molecule has 156 valence electrons. The Hall–Kier alpha value is -3.98. The number of carbonyl (C=O) groups is 3. The second kappa shape index (κ2) is 7.69. The molecule has 10 heteroatoms. The summed E-state index contributed by atoms with van der Waals surface area (Å²) in [4.78, 5) is 62.0. The first-order valence-electron chi connectivity index (χ1n) is 9.11. The minimum absolute atomic E-state index is 0.0894. The Labute approximate surface area is 180 Å². The van der Waals surface area contributed by atoms with E-state index < -0.39 is 29.0 Å². The van der Waals surface area contributed by atoms with Crippen LogP contribution in [0.25, 0.3) is 0 Å². The predicted molar refractivity (Wildman–Crippen MR) is 114 cm³/mol. The third-order valence-electron chi connectivity index (χ3n) is 4.84. The minimum atomic E-state index is -0.623. The van der Waals surface area contributed by atoms with Gasteiger partial charge in [-0.2, -0.15) is 0 Å². The molecular weight excluding hydrogens is 424 g/mol. The van der Waals surface area contributed by atoms with Gasteiger partial charge in [-0.15, -0.1) is 0 Å². The predicted octanol–water partition coefficient (Wildman–Crippen LogP) is 1.64. The number of imide groups is 1. The Bertz CT molecular complexity index is 1340. The largest absolute Gasteiger partial charge is 0.331 e. The van der Waals surface area contributed by atoms with Gasteiger partial charge in [0.05, 0.1) is 21.8 Å². The van der Waals surface area contributed by atoms with Crippen LogP contribution in [0, 0.1) is 0 Å². The van der Waals surface area contributed by atoms with Gasteiger partial charge in [-0.3, -0.25) is 28.3 Å². The molecule has 0 atom stereocenters. The monoisotopic (exact) mass is 438 g/mol. The SMILES string of the molecule is Cn1c(=O)ccn(CC(=O)Nc2ccc(N3C(=O)c4ccccc4C3=O)c(Cl)c2)c1=O. The maximum absolute atomic E-state index is 12.6. The van der Waals surface area contributed by atoms with Crippen LogP contribution in [0.5, 0.6) is 0 Å². The van der Waals surface area contributed by atoms with Crippen molar-refractivity contribution in [3.05, 3.63) is 91.7 Å². The molecule has 0 unspecified atom stereocenters. The summed E-state index contributed by atoms with van der Waals surface area (Å²) in [5, 5.41) is 2.68. The summed E-state index contributed by atoms with van der Waals surface area (Å²) in [6.07, 6.45) is 1.24. The summed E-state index contributed by atoms with van der Waals surface area (Å²) in [7, 11) is 1.32. The normalized spacial score (nSPS) is 12.8. The number of halogens is 1. The molecule has 3 aromatic rings. The fourth-order valence-corrected chi connectivity index (χ4v) is 3.53. The maximum atomic E-state index is 12.6. The first-order valence-corrected chi connectivity index (χ1v) is 9.49. The van der Waals surface area contributed by atoms with Gasteiger partial charge in [0.1, 0.15) is 6.54 Å². The minimum Gasteiger partial charge on any atom is -0.324 e. The van der Waals surface area contributed by atoms with Crippen LogP contribution in [-0.2, 0) is 18.4 Å². The molecule has 9 nitrogen and oxygen atoms in total. The second-order valence-electron chi connectivity index (χ2n) is 6.83. The van der Waals surface area contributed by atoms with Crippen molar-refractivity contribution in [3.8, 4) is 0 Å². The Balaban J connectivity index is 1.54. The lowest BCUT2D eigenvalue weighted by Gasteiger charge is -2.16. The lowest BCUT2D eigenvalue weighted by atomic mass is 10.1. The van der Waals surface area contributed by atoms with Crippen molar-refractivity contribution in [2.24, 2.45) is 7.05 Å². The van der Waals surface area contributed by atoms with Crippen molar-refractivity contribution in [1.29, 1.82) is 0 Å². The van der Waals surface area contributed by atoms with E-state index in [1.165, 1.54) is 37.5 Å². The van der Waals surface area contributed by atoms with Crippen molar-refractivity contribution in [1.82, 2.24) is 9.13 Å². The van der Waals surface area contributed by atoms with Gasteiger partial charge in [0.25, 0.3) is 17.4 Å². The van der Waals surface area contributed by atoms with E-state index >= 15 is 0 Å². The van der Waals surface area contributed by atoms with Crippen LogP contribution in [0.4, 0.5) is 11.4 Å². The van der Waals surface area contributed by atoms with Crippen LogP contribution in [0.15, 0.2) is 64.3 Å². The number of anilines is 2. The molecule has 1 aliphatic heterocycles. The van der Waals surface area contributed by atoms with Gasteiger partial charge in [0.15, 0.2) is 0 Å². The van der Waals surface area contributed by atoms with Crippen LogP contribution < -0.4 is 21.5 Å². The molecule has 0 bridgehead atoms. The summed E-state index contributed by atoms with van der Waals surface area (Å²) in [5.41, 5.74) is -0.000452. The number of fused-ring (bicyclic) bond motifs is 1. The molecule has 3 amide bonds. The number of amides is 3. The van der Waals surface area contributed by atoms with Gasteiger partial charge in [-0.1, -0.05) is 23.7 Å². The molecule has 2 heterocycles. The van der Waals surface area contributed by atoms with E-state index in [0.717, 1.165) is 14.0 Å². The summed E-state index contributed by atoms with van der Waals surface area (Å²) >= 11 is 6.30. The molecule has 1 N–H and O–H groups in total. The number of carbonyl (C=O) groups excluding carboxylic acids is 3. The molecule has 31 heavy (non-hydrogen) atoms. The number of nitrogens with one attached hydrogen (secondary N) is 1. The number of aromatic nitrogens is 2. The zero-order valence-electron chi connectivity index (χ0n) is 16.2. The molecule has 0 fully saturated rings. The van der Waals surface area contributed by atoms with Crippen molar-refractivity contribution < 1.29 is 14.4 Å². The van der Waals surface area contributed by atoms with E-state index in [1.807, 2.05) is 0 Å². The Morgan fingerprint density at radius 3 is 2.23 bits per heavy atom. The van der Waals surface area contributed by atoms with Crippen molar-refractivity contribution in [2.45, 2.75) is 6.54 Å². The molecule has 0 saturated heterocycles. The number of benzene rings is 2. The highest BCUT2D eigenvalue weighted by molar-refractivity contribution is 6.40. The van der Waals surface area contributed by atoms with Gasteiger partial charge >= 0.3 is 5.69 Å². The maximum Gasteiger partial charge on any atom is 0.331 e. The topological polar surface area (TPSA) is 110 Å². The first kappa shape index (κ1) is 20.3. The summed E-state index contributed by atoms with van der Waals surface area (Å²) < 4.78 is 1.98. The molecule has 0 saturated carbocycles. The molecule has 2 aromatic carbocycles. The lowest BCUT2D eigenvalue weighted by molar-refractivity contribution is -0.116. The zero-order valence-corrected chi connectivity index (χ0v) is 16.9. The molecular formula is C21H15ClN4O5. The number of hydrogen-bond donors (Lipinski definition) is 1. The van der Waals surface area contributed by atoms with Crippen LogP contribution >= 0.6 is 11.6 Å². The van der Waals surface area contributed by atoms with E-state index in [9.17, 15) is 24.0 Å². The van der Waals surface area contributed by atoms with Gasteiger partial charge in [-0.05, 0) is 30.3 Å². The number of nitrogens with zero attached hydrogens (tertiary/aromatic N) is 3. The average Bonchev–Trinajstić information content (AvgIpc) is 2.99. The highest BCUT2D eigenvalue weighted by Crippen LogP contribution is 2.34. The van der Waals surface area contributed by atoms with E-state index in [1.54, 1.807) is 24.3 Å². The van der Waals surface area contributed by atoms with E-state index in [-0.39, 0.29) is 17.3 Å². The molecule has 0 spiro atoms. The van der Waals surface area contributed by atoms with Crippen molar-refractivity contribution >= 4 is 40.7 Å². The van der Waals surface area contributed by atoms with E-state index in [4.69, 9.17) is 11.6 Å². The lowest BCUT2D eigenvalue weighted by Crippen LogP contribution is -2.38. The van der Waals surface area contributed by atoms with Gasteiger partial charge in [-0.25, -0.2) is 9.69 Å². The molecule has 1 aliphatic rings. The molecule has 0 radical (unpaired) electrons. The Morgan fingerprint density at radius 2 is 1.61 bits per heavy atom. The van der Waals surface area contributed by atoms with Gasteiger partial charge in [0, 0.05) is 25.0 Å². The van der Waals surface area contributed by atoms with E-state index in [2.05, 4.69) is 5.32 Å². The summed E-state index contributed by atoms with van der Waals surface area (Å²) in [6.45, 7) is -0.315. The van der Waals surface area contributed by atoms with Crippen molar-refractivity contribution in [2.75, 3.05) is 10.2 Å². The van der Waals surface area contributed by atoms with Crippen LogP contribution in [0.1, 0.15) is 20.7 Å². The van der Waals surface area contributed by atoms with Crippen LogP contribution in [0.2, 0.25) is 5.02 Å². The van der Waals surface area contributed by atoms with Crippen molar-refractivity contribution in [3.63, 3.8) is 0 Å². The molecule has 0 aliphatic carbocycles. The van der Waals surface area contributed by atoms with Gasteiger partial charge < -0.3 is 5.32 Å². The van der Waals surface area contributed by atoms with E-state index in [0.29, 0.717) is 16.8 Å². The zero-order chi connectivity index (χ0) is 22.3. The Morgan fingerprint density at radius 1 is 0.968 bits per heavy atom. The van der Waals surface area contributed by atoms with Crippen LogP contribution in [-0.4, -0.2) is 26.9 Å². The van der Waals surface area contributed by atoms with Gasteiger partial charge in [0.2, 0.25) is 5.91 Å². The average molecular weight is 439 g/mol. The quantitative estimate of drug-likeness (QED) is 0.622. The highest BCUT2D eigenvalue weighted by Gasteiger charge is 2.37. The third kappa shape index (κ3) is 3.55. The van der Waals surface area contributed by atoms with Crippen LogP contribution in [0.3, 0.4) is 0 Å². The molecule has 4 rings (SSSR count). The third-order valence-corrected chi connectivity index (χ3v) is 5.14. The highest BCUT2D eigenvalue weighted by atomic mass is 35.5. The summed E-state index contributed by atoms with van der Waals surface area (Å²) in [6, 6.07) is 12.0. The summed E-state index contributed by atoms with van der Waals surface area (Å²) in [5.74, 6) is -1.48. The fraction of sp³-hybridized carbons (Fsp3) is 0.0952. The Kier molecular flexibility index (Phi) is 5.04. The first-order chi connectivity index (χ1) is 14.8. The molecule has 1 aromatic heterocycles. The smallest absolute Gasteiger partial charge is 0.324 e. The number of rotatable bonds is 4. The second-order valence-corrected chi connectivity index (χ2v) is 7.24. The number of hydrogen-bond acceptors (Lipinski definition) is 5. The standard InChI is InChI=1S/C21H15ClN4O5/c1-24-18(28)8-9-25(21(24)31)11-17(27)23-12-6-7-16(15(22)10-12)26-19(29)13-4-2-3-5-14(13)20(26)30/h2-10H,11H2,1H3,(H,23,27).